The Morgan fingerprint density at radius 3 is 2.69 bits per heavy atom. The molecule has 3 rings (SSSR count). The Hall–Kier alpha value is -2.27. The molecule has 132 valence electrons. The van der Waals surface area contributed by atoms with Gasteiger partial charge in [0.2, 0.25) is 0 Å². The molecule has 0 amide bonds. The number of allylic oxidation sites excluding steroid dienone is 1. The lowest BCUT2D eigenvalue weighted by molar-refractivity contribution is 0.104. The molecule has 0 aliphatic heterocycles. The van der Waals surface area contributed by atoms with E-state index in [4.69, 9.17) is 27.9 Å². The Balaban J connectivity index is 1.93. The first-order chi connectivity index (χ1) is 12.5. The van der Waals surface area contributed by atoms with Crippen molar-refractivity contribution in [3.63, 3.8) is 0 Å². The molecule has 0 bridgehead atoms. The third-order valence-corrected chi connectivity index (χ3v) is 5.50. The predicted octanol–water partition coefficient (Wildman–Crippen LogP) is 6.33. The van der Waals surface area contributed by atoms with Crippen LogP contribution >= 0.6 is 34.5 Å². The van der Waals surface area contributed by atoms with E-state index in [2.05, 4.69) is 0 Å². The van der Waals surface area contributed by atoms with Crippen LogP contribution in [-0.4, -0.2) is 18.0 Å². The Morgan fingerprint density at radius 2 is 2.00 bits per heavy atom. The second-order valence-corrected chi connectivity index (χ2v) is 7.12. The molecule has 0 radical (unpaired) electrons. The summed E-state index contributed by atoms with van der Waals surface area (Å²) >= 11 is 13.4. The number of phenolic OH excluding ortho intramolecular Hbond substituents is 1. The highest BCUT2D eigenvalue weighted by molar-refractivity contribution is 7.13. The Labute approximate surface area is 165 Å². The number of hydrogen-bond acceptors (Lipinski definition) is 4. The van der Waals surface area contributed by atoms with Crippen molar-refractivity contribution in [1.29, 1.82) is 0 Å². The number of benzene rings is 2. The van der Waals surface area contributed by atoms with Crippen molar-refractivity contribution in [2.24, 2.45) is 0 Å². The predicted molar refractivity (Wildman–Crippen MR) is 108 cm³/mol. The van der Waals surface area contributed by atoms with Crippen molar-refractivity contribution < 1.29 is 14.6 Å². The largest absolute Gasteiger partial charge is 0.506 e. The number of halogens is 2. The van der Waals surface area contributed by atoms with Gasteiger partial charge < -0.3 is 9.84 Å². The van der Waals surface area contributed by atoms with E-state index in [1.807, 2.05) is 35.7 Å². The van der Waals surface area contributed by atoms with E-state index in [-0.39, 0.29) is 27.1 Å². The molecule has 0 unspecified atom stereocenters. The second-order valence-electron chi connectivity index (χ2n) is 5.39. The van der Waals surface area contributed by atoms with Crippen LogP contribution in [0.4, 0.5) is 0 Å². The minimum absolute atomic E-state index is 0.0387. The van der Waals surface area contributed by atoms with Crippen molar-refractivity contribution in [3.05, 3.63) is 75.1 Å². The minimum Gasteiger partial charge on any atom is -0.506 e. The van der Waals surface area contributed by atoms with Gasteiger partial charge >= 0.3 is 0 Å². The smallest absolute Gasteiger partial charge is 0.189 e. The van der Waals surface area contributed by atoms with Gasteiger partial charge in [0.15, 0.2) is 5.78 Å². The lowest BCUT2D eigenvalue weighted by Crippen LogP contribution is -1.96. The maximum atomic E-state index is 12.4. The van der Waals surface area contributed by atoms with Crippen LogP contribution in [0.2, 0.25) is 10.0 Å². The number of phenols is 1. The van der Waals surface area contributed by atoms with E-state index in [0.717, 1.165) is 16.0 Å². The summed E-state index contributed by atoms with van der Waals surface area (Å²) in [7, 11) is 1.57. The molecule has 1 N–H and O–H groups in total. The maximum absolute atomic E-state index is 12.4. The SMILES string of the molecule is COc1ccc(-c2cccs2)cc1C=CC(=O)c1ccc(Cl)c(Cl)c1O. The van der Waals surface area contributed by atoms with Crippen molar-refractivity contribution in [3.8, 4) is 21.9 Å². The average Bonchev–Trinajstić information content (AvgIpc) is 3.19. The molecule has 0 spiro atoms. The number of hydrogen-bond donors (Lipinski definition) is 1. The van der Waals surface area contributed by atoms with E-state index in [9.17, 15) is 9.90 Å². The molecule has 3 nitrogen and oxygen atoms in total. The average molecular weight is 405 g/mol. The van der Waals surface area contributed by atoms with E-state index in [0.29, 0.717) is 5.75 Å². The zero-order chi connectivity index (χ0) is 18.7. The van der Waals surface area contributed by atoms with Gasteiger partial charge in [0.05, 0.1) is 17.7 Å². The first kappa shape index (κ1) is 18.5. The van der Waals surface area contributed by atoms with Gasteiger partial charge in [-0.15, -0.1) is 11.3 Å². The lowest BCUT2D eigenvalue weighted by atomic mass is 10.1. The molecule has 6 heteroatoms. The van der Waals surface area contributed by atoms with Gasteiger partial charge in [-0.05, 0) is 59.5 Å². The zero-order valence-corrected chi connectivity index (χ0v) is 16.0. The number of aromatic hydroxyl groups is 1. The first-order valence-corrected chi connectivity index (χ1v) is 9.26. The number of methoxy groups -OCH3 is 1. The maximum Gasteiger partial charge on any atom is 0.189 e. The fraction of sp³-hybridized carbons (Fsp3) is 0.0500. The Bertz CT molecular complexity index is 979. The van der Waals surface area contributed by atoms with E-state index in [1.54, 1.807) is 24.5 Å². The number of ketones is 1. The summed E-state index contributed by atoms with van der Waals surface area (Å²) in [5.74, 6) is -0.0644. The summed E-state index contributed by atoms with van der Waals surface area (Å²) < 4.78 is 5.37. The quantitative estimate of drug-likeness (QED) is 0.398. The molecule has 0 fully saturated rings. The van der Waals surface area contributed by atoms with Crippen molar-refractivity contribution in [2.75, 3.05) is 7.11 Å². The topological polar surface area (TPSA) is 46.5 Å². The molecule has 2 aromatic carbocycles. The molecule has 26 heavy (non-hydrogen) atoms. The summed E-state index contributed by atoms with van der Waals surface area (Å²) in [5.41, 5.74) is 1.88. The molecule has 1 aromatic heterocycles. The van der Waals surface area contributed by atoms with Crippen LogP contribution in [0.25, 0.3) is 16.5 Å². The zero-order valence-electron chi connectivity index (χ0n) is 13.7. The molecule has 0 saturated heterocycles. The Morgan fingerprint density at radius 1 is 1.19 bits per heavy atom. The number of thiophene rings is 1. The highest BCUT2D eigenvalue weighted by Gasteiger charge is 2.14. The summed E-state index contributed by atoms with van der Waals surface area (Å²) in [4.78, 5) is 13.5. The van der Waals surface area contributed by atoms with Crippen LogP contribution in [0.15, 0.2) is 53.9 Å². The fourth-order valence-electron chi connectivity index (χ4n) is 2.45. The van der Waals surface area contributed by atoms with Crippen LogP contribution in [0.3, 0.4) is 0 Å². The van der Waals surface area contributed by atoms with Gasteiger partial charge in [-0.1, -0.05) is 29.3 Å². The molecule has 0 aliphatic carbocycles. The number of carbonyl (C=O) groups is 1. The highest BCUT2D eigenvalue weighted by Crippen LogP contribution is 2.35. The fourth-order valence-corrected chi connectivity index (χ4v) is 3.50. The van der Waals surface area contributed by atoms with E-state index in [1.165, 1.54) is 18.2 Å². The van der Waals surface area contributed by atoms with Gasteiger partial charge in [-0.25, -0.2) is 0 Å². The monoisotopic (exact) mass is 404 g/mol. The van der Waals surface area contributed by atoms with Crippen LogP contribution in [-0.2, 0) is 0 Å². The summed E-state index contributed by atoms with van der Waals surface area (Å²) in [6, 6.07) is 12.7. The van der Waals surface area contributed by atoms with Crippen LogP contribution < -0.4 is 4.74 Å². The molecule has 3 aromatic rings. The minimum atomic E-state index is -0.385. The molecular formula is C20H14Cl2O3S. The summed E-state index contributed by atoms with van der Waals surface area (Å²) in [6.45, 7) is 0. The van der Waals surface area contributed by atoms with Crippen molar-refractivity contribution >= 4 is 46.4 Å². The summed E-state index contributed by atoms with van der Waals surface area (Å²) in [6.07, 6.45) is 3.02. The van der Waals surface area contributed by atoms with Gasteiger partial charge in [0, 0.05) is 10.4 Å². The number of rotatable bonds is 5. The normalized spacial score (nSPS) is 11.0. The third kappa shape index (κ3) is 3.78. The van der Waals surface area contributed by atoms with Crippen LogP contribution in [0.1, 0.15) is 15.9 Å². The van der Waals surface area contributed by atoms with Crippen molar-refractivity contribution in [1.82, 2.24) is 0 Å². The molecule has 0 saturated carbocycles. The standard InChI is InChI=1S/C20H14Cl2O3S/c1-25-17-9-5-13(18-3-2-10-26-18)11-12(17)4-8-16(23)14-6-7-15(21)19(22)20(14)24/h2-11,24H,1H3. The van der Waals surface area contributed by atoms with E-state index < -0.39 is 0 Å². The molecule has 0 atom stereocenters. The van der Waals surface area contributed by atoms with Gasteiger partial charge in [-0.2, -0.15) is 0 Å². The summed E-state index contributed by atoms with van der Waals surface area (Å²) in [5, 5.41) is 12.2. The van der Waals surface area contributed by atoms with Gasteiger partial charge in [-0.3, -0.25) is 4.79 Å². The second kappa shape index (κ2) is 7.96. The highest BCUT2D eigenvalue weighted by atomic mass is 35.5. The number of ether oxygens (including phenoxy) is 1. The van der Waals surface area contributed by atoms with E-state index >= 15 is 0 Å². The molecule has 0 aliphatic rings. The molecule has 1 heterocycles. The van der Waals surface area contributed by atoms with Crippen molar-refractivity contribution in [2.45, 2.75) is 0 Å². The van der Waals surface area contributed by atoms with Crippen LogP contribution in [0.5, 0.6) is 11.5 Å². The lowest BCUT2D eigenvalue weighted by Gasteiger charge is -2.07. The third-order valence-electron chi connectivity index (χ3n) is 3.78. The van der Waals surface area contributed by atoms with Gasteiger partial charge in [0.1, 0.15) is 16.5 Å². The molecular weight excluding hydrogens is 391 g/mol. The van der Waals surface area contributed by atoms with Crippen LogP contribution in [0, 0.1) is 0 Å². The first-order valence-electron chi connectivity index (χ1n) is 7.62. The van der Waals surface area contributed by atoms with Gasteiger partial charge in [0.25, 0.3) is 0 Å². The number of carbonyl (C=O) groups excluding carboxylic acids is 1. The Kier molecular flexibility index (Phi) is 5.67.